The molecule has 10 heteroatoms. The minimum atomic E-state index is -0.687. The van der Waals surface area contributed by atoms with Gasteiger partial charge >= 0.3 is 11.8 Å². The molecular weight excluding hydrogens is 427 g/mol. The number of halogens is 1. The van der Waals surface area contributed by atoms with Crippen LogP contribution in [0.3, 0.4) is 0 Å². The van der Waals surface area contributed by atoms with Gasteiger partial charge in [0.2, 0.25) is 0 Å². The van der Waals surface area contributed by atoms with Crippen molar-refractivity contribution in [1.29, 1.82) is 0 Å². The molecule has 0 fully saturated rings. The number of hydrogen-bond acceptors (Lipinski definition) is 6. The molecule has 3 rings (SSSR count). The smallest absolute Gasteiger partial charge is 0.407 e. The second-order valence-electron chi connectivity index (χ2n) is 8.03. The molecule has 3 heterocycles. The number of nitrogens with zero attached hydrogens (tertiary/aromatic N) is 5. The molecule has 0 saturated carbocycles. The Kier molecular flexibility index (Phi) is 7.35. The Morgan fingerprint density at radius 2 is 2.03 bits per heavy atom. The maximum absolute atomic E-state index is 13.3. The van der Waals surface area contributed by atoms with Gasteiger partial charge in [-0.3, -0.25) is 0 Å². The van der Waals surface area contributed by atoms with E-state index in [0.717, 1.165) is 4.68 Å². The van der Waals surface area contributed by atoms with Crippen molar-refractivity contribution >= 4 is 6.09 Å². The van der Waals surface area contributed by atoms with Crippen molar-refractivity contribution in [3.05, 3.63) is 82.7 Å². The zero-order chi connectivity index (χ0) is 23.8. The van der Waals surface area contributed by atoms with Crippen molar-refractivity contribution in [1.82, 2.24) is 29.6 Å². The number of carbonyl (C=O) groups is 1. The highest BCUT2D eigenvalue weighted by atomic mass is 19.1. The minimum absolute atomic E-state index is 0.0642. The molecule has 3 aromatic rings. The normalized spacial score (nSPS) is 11.5. The maximum atomic E-state index is 13.3. The van der Waals surface area contributed by atoms with Gasteiger partial charge < -0.3 is 10.1 Å². The highest BCUT2D eigenvalue weighted by Gasteiger charge is 2.16. The summed E-state index contributed by atoms with van der Waals surface area (Å²) in [6, 6.07) is 8.77. The van der Waals surface area contributed by atoms with Crippen LogP contribution in [0.25, 0.3) is 5.82 Å². The molecule has 0 spiro atoms. The number of rotatable bonds is 5. The molecular formula is C23H23FN6O3. The zero-order valence-electron chi connectivity index (χ0n) is 18.4. The van der Waals surface area contributed by atoms with E-state index in [4.69, 9.17) is 4.74 Å². The molecule has 0 aliphatic carbocycles. The third-order valence-corrected chi connectivity index (χ3v) is 4.10. The van der Waals surface area contributed by atoms with Crippen molar-refractivity contribution in [3.63, 3.8) is 0 Å². The summed E-state index contributed by atoms with van der Waals surface area (Å²) < 4.78 is 20.6. The molecule has 3 aromatic heterocycles. The van der Waals surface area contributed by atoms with Gasteiger partial charge in [0.05, 0.1) is 12.9 Å². The summed E-state index contributed by atoms with van der Waals surface area (Å²) in [6.45, 7) is 4.86. The van der Waals surface area contributed by atoms with Gasteiger partial charge in [0, 0.05) is 29.1 Å². The van der Waals surface area contributed by atoms with E-state index in [1.165, 1.54) is 17.1 Å². The number of alkyl carbamates (subject to hydrolysis) is 1. The molecule has 0 aromatic carbocycles. The summed E-state index contributed by atoms with van der Waals surface area (Å²) >= 11 is 0. The summed E-state index contributed by atoms with van der Waals surface area (Å²) in [6.07, 6.45) is 4.06. The van der Waals surface area contributed by atoms with Gasteiger partial charge in [-0.1, -0.05) is 12.0 Å². The first-order valence-electron chi connectivity index (χ1n) is 10.0. The van der Waals surface area contributed by atoms with Crippen molar-refractivity contribution < 1.29 is 13.9 Å². The van der Waals surface area contributed by atoms with E-state index >= 15 is 0 Å². The largest absolute Gasteiger partial charge is 0.445 e. The Morgan fingerprint density at radius 3 is 2.73 bits per heavy atom. The Bertz CT molecular complexity index is 1260. The summed E-state index contributed by atoms with van der Waals surface area (Å²) in [5, 5.41) is 6.61. The monoisotopic (exact) mass is 450 g/mol. The number of aromatic nitrogens is 5. The molecule has 0 aliphatic heterocycles. The van der Waals surface area contributed by atoms with Crippen molar-refractivity contribution in [2.45, 2.75) is 32.9 Å². The van der Waals surface area contributed by atoms with Crippen LogP contribution in [-0.2, 0) is 11.3 Å². The molecule has 170 valence electrons. The van der Waals surface area contributed by atoms with E-state index in [1.807, 2.05) is 6.07 Å². The van der Waals surface area contributed by atoms with Crippen molar-refractivity contribution in [2.75, 3.05) is 6.61 Å². The Labute approximate surface area is 189 Å². The zero-order valence-corrected chi connectivity index (χ0v) is 18.4. The molecule has 1 amide bonds. The third-order valence-electron chi connectivity index (χ3n) is 4.10. The number of amides is 1. The molecule has 0 bridgehead atoms. The first kappa shape index (κ1) is 23.4. The maximum Gasteiger partial charge on any atom is 0.407 e. The third kappa shape index (κ3) is 6.87. The van der Waals surface area contributed by atoms with E-state index in [-0.39, 0.29) is 18.7 Å². The van der Waals surface area contributed by atoms with Crippen LogP contribution in [0.2, 0.25) is 0 Å². The predicted octanol–water partition coefficient (Wildman–Crippen LogP) is 2.60. The van der Waals surface area contributed by atoms with Gasteiger partial charge in [-0.15, -0.1) is 0 Å². The van der Waals surface area contributed by atoms with Crippen LogP contribution in [0, 0.1) is 11.8 Å². The molecule has 0 unspecified atom stereocenters. The number of carbonyl (C=O) groups excluding carboxylic acids is 1. The lowest BCUT2D eigenvalue weighted by molar-refractivity contribution is 0.145. The quantitative estimate of drug-likeness (QED) is 0.600. The second kappa shape index (κ2) is 10.4. The van der Waals surface area contributed by atoms with Gasteiger partial charge in [-0.2, -0.15) is 5.10 Å². The first-order chi connectivity index (χ1) is 15.7. The second-order valence-corrected chi connectivity index (χ2v) is 8.03. The van der Waals surface area contributed by atoms with E-state index in [1.54, 1.807) is 51.2 Å². The van der Waals surface area contributed by atoms with Gasteiger partial charge in [0.15, 0.2) is 0 Å². The lowest BCUT2D eigenvalue weighted by atomic mass is 10.1. The number of hydrogen-bond donors (Lipinski definition) is 1. The average molecular weight is 450 g/mol. The van der Waals surface area contributed by atoms with Crippen LogP contribution < -0.4 is 11.0 Å². The van der Waals surface area contributed by atoms with Crippen LogP contribution in [0.15, 0.2) is 65.8 Å². The molecule has 0 atom stereocenters. The van der Waals surface area contributed by atoms with Gasteiger partial charge in [0.25, 0.3) is 0 Å². The SMILES string of the molecule is CC(C)(C)NC(=O)OC/C(=C/F)Cn1ncn(-c2cc(C#Cc3ccccn3)ccn2)c1=O. The van der Waals surface area contributed by atoms with E-state index in [2.05, 4.69) is 32.2 Å². The molecule has 33 heavy (non-hydrogen) atoms. The topological polar surface area (TPSA) is 104 Å². The van der Waals surface area contributed by atoms with Crippen LogP contribution in [0.5, 0.6) is 0 Å². The molecule has 0 aliphatic rings. The molecule has 0 saturated heterocycles. The van der Waals surface area contributed by atoms with Gasteiger partial charge in [-0.25, -0.2) is 33.2 Å². The van der Waals surface area contributed by atoms with Crippen molar-refractivity contribution in [3.8, 4) is 17.7 Å². The standard InChI is InChI=1S/C23H23FN6O3/c1-23(2,3)28-21(31)33-15-18(13-24)14-30-22(32)29(16-27-30)20-12-17(9-11-26-20)7-8-19-6-4-5-10-25-19/h4-6,9-13,16H,14-15H2,1-3H3,(H,28,31)/b18-13+. The fraction of sp³-hybridized carbons (Fsp3) is 0.261. The fourth-order valence-corrected chi connectivity index (χ4v) is 2.61. The van der Waals surface area contributed by atoms with E-state index < -0.39 is 17.3 Å². The highest BCUT2D eigenvalue weighted by Crippen LogP contribution is 2.06. The van der Waals surface area contributed by atoms with Crippen LogP contribution in [-0.4, -0.2) is 42.6 Å². The molecule has 1 N–H and O–H groups in total. The molecule has 0 radical (unpaired) electrons. The molecule has 9 nitrogen and oxygen atoms in total. The van der Waals surface area contributed by atoms with E-state index in [9.17, 15) is 14.0 Å². The lowest BCUT2D eigenvalue weighted by Crippen LogP contribution is -2.41. The van der Waals surface area contributed by atoms with Crippen LogP contribution in [0.4, 0.5) is 9.18 Å². The lowest BCUT2D eigenvalue weighted by Gasteiger charge is -2.20. The fourth-order valence-electron chi connectivity index (χ4n) is 2.61. The average Bonchev–Trinajstić information content (AvgIpc) is 3.15. The number of pyridine rings is 2. The Hall–Kier alpha value is -4.26. The minimum Gasteiger partial charge on any atom is -0.445 e. The number of nitrogens with one attached hydrogen (secondary N) is 1. The number of ether oxygens (including phenoxy) is 1. The van der Waals surface area contributed by atoms with Gasteiger partial charge in [0.1, 0.15) is 24.4 Å². The Balaban J connectivity index is 1.71. The first-order valence-corrected chi connectivity index (χ1v) is 10.0. The van der Waals surface area contributed by atoms with Crippen molar-refractivity contribution in [2.24, 2.45) is 0 Å². The van der Waals surface area contributed by atoms with Gasteiger partial charge in [-0.05, 0) is 51.0 Å². The summed E-state index contributed by atoms with van der Waals surface area (Å²) in [5.41, 5.74) is 0.290. The Morgan fingerprint density at radius 1 is 1.21 bits per heavy atom. The summed E-state index contributed by atoms with van der Waals surface area (Å²) in [5.74, 6) is 6.22. The summed E-state index contributed by atoms with van der Waals surface area (Å²) in [7, 11) is 0. The highest BCUT2D eigenvalue weighted by molar-refractivity contribution is 5.68. The van der Waals surface area contributed by atoms with Crippen LogP contribution in [0.1, 0.15) is 32.0 Å². The summed E-state index contributed by atoms with van der Waals surface area (Å²) in [4.78, 5) is 32.8. The predicted molar refractivity (Wildman–Crippen MR) is 119 cm³/mol. The van der Waals surface area contributed by atoms with Crippen LogP contribution >= 0.6 is 0 Å². The van der Waals surface area contributed by atoms with E-state index in [0.29, 0.717) is 23.4 Å².